The molecule has 1 atom stereocenters. The van der Waals surface area contributed by atoms with E-state index in [0.29, 0.717) is 6.54 Å². The lowest BCUT2D eigenvalue weighted by molar-refractivity contribution is -0.142. The van der Waals surface area contributed by atoms with Crippen LogP contribution in [0.25, 0.3) is 0 Å². The van der Waals surface area contributed by atoms with E-state index in [4.69, 9.17) is 4.74 Å². The van der Waals surface area contributed by atoms with Gasteiger partial charge in [-0.05, 0) is 19.3 Å². The first kappa shape index (κ1) is 13.5. The van der Waals surface area contributed by atoms with E-state index in [1.165, 1.54) is 13.2 Å². The molecule has 0 spiro atoms. The number of nitrogens with zero attached hydrogens (tertiary/aromatic N) is 1. The fraction of sp³-hybridized carbons (Fsp3) is 0.667. The molecule has 1 aliphatic heterocycles. The predicted octanol–water partition coefficient (Wildman–Crippen LogP) is 1.73. The summed E-state index contributed by atoms with van der Waals surface area (Å²) in [5, 5.41) is 0. The first-order chi connectivity index (χ1) is 8.19. The highest BCUT2D eigenvalue weighted by atomic mass is 16.6. The van der Waals surface area contributed by atoms with Gasteiger partial charge >= 0.3 is 12.1 Å². The first-order valence-corrected chi connectivity index (χ1v) is 5.80. The minimum atomic E-state index is -0.376. The van der Waals surface area contributed by atoms with Crippen LogP contribution in [-0.2, 0) is 14.3 Å². The average molecular weight is 241 g/mol. The molecule has 0 N–H and O–H groups in total. The van der Waals surface area contributed by atoms with Crippen molar-refractivity contribution in [1.29, 1.82) is 0 Å². The van der Waals surface area contributed by atoms with Crippen LogP contribution in [0.15, 0.2) is 12.7 Å². The number of methoxy groups -OCH3 is 1. The summed E-state index contributed by atoms with van der Waals surface area (Å²) in [6.45, 7) is 4.32. The minimum Gasteiger partial charge on any atom is -0.469 e. The van der Waals surface area contributed by atoms with Gasteiger partial charge in [-0.2, -0.15) is 0 Å². The molecule has 0 aromatic heterocycles. The molecule has 1 unspecified atom stereocenters. The lowest BCUT2D eigenvalue weighted by atomic mass is 10.00. The van der Waals surface area contributed by atoms with Crippen molar-refractivity contribution in [3.8, 4) is 0 Å². The molecule has 96 valence electrons. The van der Waals surface area contributed by atoms with Crippen LogP contribution < -0.4 is 0 Å². The van der Waals surface area contributed by atoms with E-state index < -0.39 is 0 Å². The Labute approximate surface area is 101 Å². The van der Waals surface area contributed by atoms with Crippen molar-refractivity contribution in [2.45, 2.75) is 31.7 Å². The SMILES string of the molecule is C=CCOC(=O)N1CCCCC1CC(=O)OC. The number of rotatable bonds is 4. The van der Waals surface area contributed by atoms with E-state index in [1.54, 1.807) is 4.90 Å². The highest BCUT2D eigenvalue weighted by molar-refractivity contribution is 5.73. The maximum Gasteiger partial charge on any atom is 0.410 e. The molecule has 1 fully saturated rings. The Balaban J connectivity index is 2.55. The molecule has 0 aromatic carbocycles. The van der Waals surface area contributed by atoms with Gasteiger partial charge in [0.15, 0.2) is 0 Å². The summed E-state index contributed by atoms with van der Waals surface area (Å²) >= 11 is 0. The molecule has 17 heavy (non-hydrogen) atoms. The number of carbonyl (C=O) groups is 2. The van der Waals surface area contributed by atoms with Gasteiger partial charge in [0.1, 0.15) is 6.61 Å². The Morgan fingerprint density at radius 1 is 1.47 bits per heavy atom. The van der Waals surface area contributed by atoms with Crippen LogP contribution in [0.5, 0.6) is 0 Å². The monoisotopic (exact) mass is 241 g/mol. The highest BCUT2D eigenvalue weighted by Gasteiger charge is 2.29. The zero-order valence-electron chi connectivity index (χ0n) is 10.2. The summed E-state index contributed by atoms with van der Waals surface area (Å²) in [6.07, 6.45) is 4.17. The van der Waals surface area contributed by atoms with Crippen molar-refractivity contribution < 1.29 is 19.1 Å². The Bertz CT molecular complexity index is 290. The van der Waals surface area contributed by atoms with Crippen molar-refractivity contribution in [1.82, 2.24) is 4.90 Å². The number of hydrogen-bond acceptors (Lipinski definition) is 4. The molecule has 0 saturated carbocycles. The van der Waals surface area contributed by atoms with Crippen LogP contribution >= 0.6 is 0 Å². The molecule has 0 bridgehead atoms. The van der Waals surface area contributed by atoms with E-state index in [2.05, 4.69) is 11.3 Å². The highest BCUT2D eigenvalue weighted by Crippen LogP contribution is 2.20. The normalized spacial score (nSPS) is 19.6. The average Bonchev–Trinajstić information content (AvgIpc) is 2.36. The lowest BCUT2D eigenvalue weighted by Gasteiger charge is -2.34. The zero-order valence-corrected chi connectivity index (χ0v) is 10.2. The summed E-state index contributed by atoms with van der Waals surface area (Å²) in [7, 11) is 1.35. The quantitative estimate of drug-likeness (QED) is 0.555. The van der Waals surface area contributed by atoms with Gasteiger partial charge in [0.05, 0.1) is 13.5 Å². The number of likely N-dealkylation sites (tertiary alicyclic amines) is 1. The van der Waals surface area contributed by atoms with E-state index in [1.807, 2.05) is 0 Å². The standard InChI is InChI=1S/C12H19NO4/c1-3-8-17-12(15)13-7-5-4-6-10(13)9-11(14)16-2/h3,10H,1,4-9H2,2H3. The van der Waals surface area contributed by atoms with Crippen molar-refractivity contribution in [2.24, 2.45) is 0 Å². The van der Waals surface area contributed by atoms with E-state index >= 15 is 0 Å². The molecule has 1 saturated heterocycles. The van der Waals surface area contributed by atoms with Crippen molar-refractivity contribution in [3.63, 3.8) is 0 Å². The third-order valence-corrected chi connectivity index (χ3v) is 2.82. The number of amides is 1. The van der Waals surface area contributed by atoms with Gasteiger partial charge in [-0.3, -0.25) is 4.79 Å². The van der Waals surface area contributed by atoms with Gasteiger partial charge in [-0.15, -0.1) is 0 Å². The molecule has 1 rings (SSSR count). The summed E-state index contributed by atoms with van der Waals surface area (Å²) in [6, 6.07) is -0.103. The van der Waals surface area contributed by atoms with Gasteiger partial charge in [-0.1, -0.05) is 12.7 Å². The number of carbonyl (C=O) groups excluding carboxylic acids is 2. The Kier molecular flexibility index (Phi) is 5.52. The second-order valence-corrected chi connectivity index (χ2v) is 3.99. The van der Waals surface area contributed by atoms with Gasteiger partial charge < -0.3 is 14.4 Å². The lowest BCUT2D eigenvalue weighted by Crippen LogP contribution is -2.45. The van der Waals surface area contributed by atoms with Crippen molar-refractivity contribution >= 4 is 12.1 Å². The van der Waals surface area contributed by atoms with Gasteiger partial charge in [0.2, 0.25) is 0 Å². The summed E-state index contributed by atoms with van der Waals surface area (Å²) in [4.78, 5) is 24.6. The zero-order chi connectivity index (χ0) is 12.7. The van der Waals surface area contributed by atoms with Crippen LogP contribution in [0.2, 0.25) is 0 Å². The van der Waals surface area contributed by atoms with Crippen LogP contribution in [0.1, 0.15) is 25.7 Å². The van der Waals surface area contributed by atoms with Crippen LogP contribution in [0, 0.1) is 0 Å². The summed E-state index contributed by atoms with van der Waals surface area (Å²) in [5.41, 5.74) is 0. The fourth-order valence-electron chi connectivity index (χ4n) is 1.94. The fourth-order valence-corrected chi connectivity index (χ4v) is 1.94. The maximum atomic E-state index is 11.7. The molecule has 1 aliphatic rings. The third-order valence-electron chi connectivity index (χ3n) is 2.82. The van der Waals surface area contributed by atoms with E-state index in [9.17, 15) is 9.59 Å². The summed E-state index contributed by atoms with van der Waals surface area (Å²) in [5.74, 6) is -0.293. The van der Waals surface area contributed by atoms with Gasteiger partial charge in [-0.25, -0.2) is 4.79 Å². The van der Waals surface area contributed by atoms with Crippen LogP contribution in [0.4, 0.5) is 4.79 Å². The molecule has 0 radical (unpaired) electrons. The Hall–Kier alpha value is -1.52. The maximum absolute atomic E-state index is 11.7. The molecular weight excluding hydrogens is 222 g/mol. The van der Waals surface area contributed by atoms with Gasteiger partial charge in [0.25, 0.3) is 0 Å². The smallest absolute Gasteiger partial charge is 0.410 e. The Morgan fingerprint density at radius 3 is 2.88 bits per heavy atom. The van der Waals surface area contributed by atoms with Crippen molar-refractivity contribution in [2.75, 3.05) is 20.3 Å². The van der Waals surface area contributed by atoms with E-state index in [-0.39, 0.29) is 31.1 Å². The molecule has 0 aromatic rings. The minimum absolute atomic E-state index is 0.103. The van der Waals surface area contributed by atoms with Crippen LogP contribution in [0.3, 0.4) is 0 Å². The molecular formula is C12H19NO4. The number of piperidine rings is 1. The number of ether oxygens (including phenoxy) is 2. The molecule has 1 heterocycles. The third kappa shape index (κ3) is 4.09. The second kappa shape index (κ2) is 6.93. The Morgan fingerprint density at radius 2 is 2.24 bits per heavy atom. The summed E-state index contributed by atoms with van der Waals surface area (Å²) < 4.78 is 9.62. The molecule has 5 nitrogen and oxygen atoms in total. The second-order valence-electron chi connectivity index (χ2n) is 3.99. The van der Waals surface area contributed by atoms with Crippen LogP contribution in [-0.4, -0.2) is 43.3 Å². The van der Waals surface area contributed by atoms with E-state index in [0.717, 1.165) is 19.3 Å². The molecule has 1 amide bonds. The topological polar surface area (TPSA) is 55.8 Å². The number of hydrogen-bond donors (Lipinski definition) is 0. The molecule has 5 heteroatoms. The van der Waals surface area contributed by atoms with Crippen molar-refractivity contribution in [3.05, 3.63) is 12.7 Å². The predicted molar refractivity (Wildman–Crippen MR) is 62.5 cm³/mol. The number of esters is 1. The molecule has 0 aliphatic carbocycles. The largest absolute Gasteiger partial charge is 0.469 e. The van der Waals surface area contributed by atoms with Gasteiger partial charge in [0, 0.05) is 12.6 Å². The first-order valence-electron chi connectivity index (χ1n) is 5.80.